The van der Waals surface area contributed by atoms with Crippen LogP contribution in [0.4, 0.5) is 0 Å². The van der Waals surface area contributed by atoms with Gasteiger partial charge in [0, 0.05) is 24.0 Å². The maximum atomic E-state index is 11.2. The van der Waals surface area contributed by atoms with Crippen LogP contribution in [0.5, 0.6) is 0 Å². The Morgan fingerprint density at radius 3 is 2.08 bits per heavy atom. The molecular formula is C20H27NO3S. The fourth-order valence-corrected chi connectivity index (χ4v) is 2.45. The molecule has 0 bridgehead atoms. The highest BCUT2D eigenvalue weighted by Gasteiger charge is 2.07. The Morgan fingerprint density at radius 1 is 0.960 bits per heavy atom. The highest BCUT2D eigenvalue weighted by atomic mass is 32.2. The van der Waals surface area contributed by atoms with Gasteiger partial charge in [-0.3, -0.25) is 4.98 Å². The molecule has 0 amide bonds. The number of aromatic nitrogens is 1. The van der Waals surface area contributed by atoms with E-state index in [0.717, 1.165) is 11.8 Å². The maximum Gasteiger partial charge on any atom is 0.175 e. The molecule has 4 nitrogen and oxygen atoms in total. The van der Waals surface area contributed by atoms with Gasteiger partial charge in [0.05, 0.1) is 11.2 Å². The van der Waals surface area contributed by atoms with E-state index >= 15 is 0 Å². The van der Waals surface area contributed by atoms with Crippen molar-refractivity contribution >= 4 is 20.8 Å². The van der Waals surface area contributed by atoms with Crippen LogP contribution >= 0.6 is 0 Å². The first kappa shape index (κ1) is 20.9. The summed E-state index contributed by atoms with van der Waals surface area (Å²) >= 11 is 0. The second-order valence-electron chi connectivity index (χ2n) is 5.60. The van der Waals surface area contributed by atoms with E-state index < -0.39 is 9.84 Å². The Balaban J connectivity index is 0.000000223. The minimum Gasteiger partial charge on any atom is -0.464 e. The van der Waals surface area contributed by atoms with Crippen LogP contribution in [0.1, 0.15) is 39.2 Å². The summed E-state index contributed by atoms with van der Waals surface area (Å²) in [6.07, 6.45) is 10.1. The number of pyridine rings is 1. The fraction of sp³-hybridized carbons (Fsp3) is 0.350. The first-order valence-corrected chi connectivity index (χ1v) is 10.4. The number of aryl methyl sites for hydroxylation is 1. The molecule has 0 fully saturated rings. The average molecular weight is 362 g/mol. The van der Waals surface area contributed by atoms with Crippen molar-refractivity contribution in [1.82, 2.24) is 4.98 Å². The molecule has 0 radical (unpaired) electrons. The summed E-state index contributed by atoms with van der Waals surface area (Å²) in [4.78, 5) is 4.21. The summed E-state index contributed by atoms with van der Waals surface area (Å²) in [6.45, 7) is 6.50. The van der Waals surface area contributed by atoms with Gasteiger partial charge < -0.3 is 4.42 Å². The molecule has 2 heterocycles. The SMILES string of the molecule is CCCC.CCc1ccncc1.CS(=O)(=O)c1ccc2occc2c1. The van der Waals surface area contributed by atoms with Gasteiger partial charge in [-0.05, 0) is 48.4 Å². The first-order chi connectivity index (χ1) is 11.9. The Morgan fingerprint density at radius 2 is 1.60 bits per heavy atom. The number of unbranched alkanes of at least 4 members (excludes halogenated alkanes) is 1. The lowest BCUT2D eigenvalue weighted by Crippen LogP contribution is -1.95. The summed E-state index contributed by atoms with van der Waals surface area (Å²) in [6, 6.07) is 10.6. The molecule has 0 saturated heterocycles. The standard InChI is InChI=1S/C9H8O3S.C7H9N.C4H10/c1-13(10,11)8-2-3-9-7(6-8)4-5-12-9;1-2-7-3-5-8-6-4-7;1-3-4-2/h2-6H,1H3;3-6H,2H2,1H3;3-4H2,1-2H3. The normalized spacial score (nSPS) is 10.4. The van der Waals surface area contributed by atoms with E-state index in [0.29, 0.717) is 10.5 Å². The van der Waals surface area contributed by atoms with Gasteiger partial charge in [0.15, 0.2) is 9.84 Å². The topological polar surface area (TPSA) is 60.2 Å². The third kappa shape index (κ3) is 7.52. The van der Waals surface area contributed by atoms with Crippen LogP contribution in [0.25, 0.3) is 11.0 Å². The summed E-state index contributed by atoms with van der Waals surface area (Å²) in [5, 5.41) is 0.808. The Bertz CT molecular complexity index is 838. The van der Waals surface area contributed by atoms with Gasteiger partial charge >= 0.3 is 0 Å². The lowest BCUT2D eigenvalue weighted by Gasteiger charge is -1.96. The van der Waals surface area contributed by atoms with Gasteiger partial charge in [-0.15, -0.1) is 0 Å². The molecule has 25 heavy (non-hydrogen) atoms. The lowest BCUT2D eigenvalue weighted by atomic mass is 10.2. The molecule has 2 aromatic heterocycles. The molecule has 0 aliphatic rings. The van der Waals surface area contributed by atoms with Crippen molar-refractivity contribution in [3.63, 3.8) is 0 Å². The molecule has 0 unspecified atom stereocenters. The summed E-state index contributed by atoms with van der Waals surface area (Å²) in [7, 11) is -3.11. The van der Waals surface area contributed by atoms with Crippen LogP contribution in [-0.2, 0) is 16.3 Å². The van der Waals surface area contributed by atoms with Gasteiger partial charge in [0.2, 0.25) is 0 Å². The predicted octanol–water partition coefficient (Wildman–Crippen LogP) is 5.29. The highest BCUT2D eigenvalue weighted by molar-refractivity contribution is 7.90. The highest BCUT2D eigenvalue weighted by Crippen LogP contribution is 2.19. The summed E-state index contributed by atoms with van der Waals surface area (Å²) < 4.78 is 27.4. The van der Waals surface area contributed by atoms with Crippen LogP contribution in [0, 0.1) is 0 Å². The Labute approximate surface area is 150 Å². The predicted molar refractivity (Wildman–Crippen MR) is 104 cm³/mol. The van der Waals surface area contributed by atoms with Crippen LogP contribution in [0.15, 0.2) is 64.4 Å². The van der Waals surface area contributed by atoms with Crippen LogP contribution in [-0.4, -0.2) is 19.7 Å². The fourth-order valence-electron chi connectivity index (χ4n) is 1.79. The monoisotopic (exact) mass is 361 g/mol. The Hall–Kier alpha value is -2.14. The van der Waals surface area contributed by atoms with Crippen LogP contribution in [0.3, 0.4) is 0 Å². The van der Waals surface area contributed by atoms with Gasteiger partial charge in [0.1, 0.15) is 5.58 Å². The van der Waals surface area contributed by atoms with E-state index in [4.69, 9.17) is 4.42 Å². The molecule has 1 aromatic carbocycles. The second-order valence-corrected chi connectivity index (χ2v) is 7.62. The number of furan rings is 1. The molecule has 0 aliphatic heterocycles. The molecule has 3 aromatic rings. The van der Waals surface area contributed by atoms with E-state index in [2.05, 4.69) is 25.8 Å². The molecule has 0 N–H and O–H groups in total. The molecule has 136 valence electrons. The third-order valence-electron chi connectivity index (χ3n) is 3.51. The largest absolute Gasteiger partial charge is 0.464 e. The molecule has 0 atom stereocenters. The lowest BCUT2D eigenvalue weighted by molar-refractivity contribution is 0.601. The van der Waals surface area contributed by atoms with Crippen molar-refractivity contribution in [2.24, 2.45) is 0 Å². The first-order valence-electron chi connectivity index (χ1n) is 8.48. The zero-order valence-corrected chi connectivity index (χ0v) is 16.2. The van der Waals surface area contributed by atoms with Crippen molar-refractivity contribution < 1.29 is 12.8 Å². The number of fused-ring (bicyclic) bond motifs is 1. The maximum absolute atomic E-state index is 11.2. The minimum absolute atomic E-state index is 0.321. The van der Waals surface area contributed by atoms with Crippen molar-refractivity contribution in [2.45, 2.75) is 44.9 Å². The number of benzene rings is 1. The number of rotatable bonds is 3. The van der Waals surface area contributed by atoms with Crippen molar-refractivity contribution in [1.29, 1.82) is 0 Å². The molecular weight excluding hydrogens is 334 g/mol. The third-order valence-corrected chi connectivity index (χ3v) is 4.62. The zero-order chi connectivity index (χ0) is 18.7. The van der Waals surface area contributed by atoms with Gasteiger partial charge in [-0.1, -0.05) is 33.6 Å². The van der Waals surface area contributed by atoms with Gasteiger partial charge in [0.25, 0.3) is 0 Å². The minimum atomic E-state index is -3.11. The quantitative estimate of drug-likeness (QED) is 0.636. The smallest absolute Gasteiger partial charge is 0.175 e. The second kappa shape index (κ2) is 10.7. The van der Waals surface area contributed by atoms with E-state index in [-0.39, 0.29) is 0 Å². The molecule has 0 aliphatic carbocycles. The van der Waals surface area contributed by atoms with E-state index in [9.17, 15) is 8.42 Å². The summed E-state index contributed by atoms with van der Waals surface area (Å²) in [5.74, 6) is 0. The Kier molecular flexibility index (Phi) is 8.92. The molecule has 0 saturated carbocycles. The van der Waals surface area contributed by atoms with Crippen LogP contribution in [0.2, 0.25) is 0 Å². The van der Waals surface area contributed by atoms with Crippen molar-refractivity contribution in [2.75, 3.05) is 6.26 Å². The number of hydrogen-bond acceptors (Lipinski definition) is 4. The molecule has 3 rings (SSSR count). The van der Waals surface area contributed by atoms with Gasteiger partial charge in [-0.25, -0.2) is 8.42 Å². The average Bonchev–Trinajstić information content (AvgIpc) is 3.10. The summed E-state index contributed by atoms with van der Waals surface area (Å²) in [5.41, 5.74) is 2.05. The number of sulfone groups is 1. The molecule has 5 heteroatoms. The van der Waals surface area contributed by atoms with Gasteiger partial charge in [-0.2, -0.15) is 0 Å². The van der Waals surface area contributed by atoms with E-state index in [1.54, 1.807) is 24.3 Å². The number of nitrogens with zero attached hydrogens (tertiary/aromatic N) is 1. The van der Waals surface area contributed by atoms with Crippen molar-refractivity contribution in [3.8, 4) is 0 Å². The zero-order valence-electron chi connectivity index (χ0n) is 15.4. The van der Waals surface area contributed by atoms with Crippen LogP contribution < -0.4 is 0 Å². The van der Waals surface area contributed by atoms with E-state index in [1.807, 2.05) is 24.5 Å². The number of hydrogen-bond donors (Lipinski definition) is 0. The molecule has 0 spiro atoms. The van der Waals surface area contributed by atoms with E-state index in [1.165, 1.54) is 30.9 Å². The van der Waals surface area contributed by atoms with Crippen molar-refractivity contribution in [3.05, 3.63) is 60.6 Å².